The van der Waals surface area contributed by atoms with Gasteiger partial charge in [0.05, 0.1) is 6.54 Å². The molecule has 0 amide bonds. The minimum absolute atomic E-state index is 0.411. The zero-order chi connectivity index (χ0) is 10.4. The molecule has 0 atom stereocenters. The Morgan fingerprint density at radius 1 is 1.36 bits per heavy atom. The minimum Gasteiger partial charge on any atom is -0.298 e. The van der Waals surface area contributed by atoms with Gasteiger partial charge in [0.1, 0.15) is 5.78 Å². The monoisotopic (exact) mass is 197 g/mol. The van der Waals surface area contributed by atoms with Gasteiger partial charge in [-0.2, -0.15) is 0 Å². The summed E-state index contributed by atoms with van der Waals surface area (Å²) in [6, 6.07) is 0. The molecule has 0 aromatic rings. The van der Waals surface area contributed by atoms with Crippen LogP contribution in [0.4, 0.5) is 0 Å². The molecule has 2 nitrogen and oxygen atoms in total. The first-order valence-corrected chi connectivity index (χ1v) is 6.00. The van der Waals surface area contributed by atoms with Gasteiger partial charge in [0.15, 0.2) is 0 Å². The second kappa shape index (κ2) is 6.18. The van der Waals surface area contributed by atoms with Gasteiger partial charge in [-0.3, -0.25) is 9.69 Å². The third kappa shape index (κ3) is 3.79. The average molecular weight is 197 g/mol. The number of rotatable bonds is 7. The van der Waals surface area contributed by atoms with Crippen molar-refractivity contribution in [3.05, 3.63) is 0 Å². The van der Waals surface area contributed by atoms with Crippen LogP contribution in [-0.4, -0.2) is 30.3 Å². The number of hydrogen-bond donors (Lipinski definition) is 0. The predicted octanol–water partition coefficient (Wildman–Crippen LogP) is 2.48. The van der Waals surface area contributed by atoms with Crippen molar-refractivity contribution in [2.75, 3.05) is 19.6 Å². The Bertz CT molecular complexity index is 175. The number of Topliss-reactive ketones (excluding diaryl/α,β-unsaturated/α-hetero) is 1. The van der Waals surface area contributed by atoms with Crippen LogP contribution in [0.3, 0.4) is 0 Å². The fraction of sp³-hybridized carbons (Fsp3) is 0.917. The summed E-state index contributed by atoms with van der Waals surface area (Å²) in [4.78, 5) is 13.8. The van der Waals surface area contributed by atoms with E-state index in [-0.39, 0.29) is 0 Å². The number of ketones is 1. The molecule has 0 bridgehead atoms. The van der Waals surface area contributed by atoms with Crippen LogP contribution in [0.25, 0.3) is 0 Å². The summed E-state index contributed by atoms with van der Waals surface area (Å²) in [5, 5.41) is 0. The molecule has 0 spiro atoms. The molecule has 0 saturated heterocycles. The lowest BCUT2D eigenvalue weighted by molar-refractivity contribution is -0.120. The van der Waals surface area contributed by atoms with E-state index in [9.17, 15) is 4.79 Å². The summed E-state index contributed by atoms with van der Waals surface area (Å²) in [6.07, 6.45) is 5.88. The Labute approximate surface area is 87.7 Å². The van der Waals surface area contributed by atoms with Gasteiger partial charge in [-0.25, -0.2) is 0 Å². The van der Waals surface area contributed by atoms with Crippen LogP contribution < -0.4 is 0 Å². The molecule has 1 saturated carbocycles. The maximum atomic E-state index is 11.5. The van der Waals surface area contributed by atoms with Gasteiger partial charge in [-0.1, -0.05) is 20.3 Å². The van der Waals surface area contributed by atoms with Gasteiger partial charge in [0.2, 0.25) is 0 Å². The van der Waals surface area contributed by atoms with Crippen molar-refractivity contribution >= 4 is 5.78 Å². The first-order valence-electron chi connectivity index (χ1n) is 6.00. The molecule has 1 aliphatic rings. The summed E-state index contributed by atoms with van der Waals surface area (Å²) in [7, 11) is 0. The van der Waals surface area contributed by atoms with E-state index in [2.05, 4.69) is 18.7 Å². The van der Waals surface area contributed by atoms with E-state index in [4.69, 9.17) is 0 Å². The first kappa shape index (κ1) is 11.7. The van der Waals surface area contributed by atoms with Gasteiger partial charge >= 0.3 is 0 Å². The molecule has 1 rings (SSSR count). The number of nitrogens with zero attached hydrogens (tertiary/aromatic N) is 1. The molecule has 1 fully saturated rings. The predicted molar refractivity (Wildman–Crippen MR) is 59.4 cm³/mol. The SMILES string of the molecule is CCCC(=O)CN(CC)CC1CCC1. The molecule has 2 heteroatoms. The Balaban J connectivity index is 2.19. The molecule has 82 valence electrons. The molecular formula is C12H23NO. The van der Waals surface area contributed by atoms with Gasteiger partial charge in [0, 0.05) is 13.0 Å². The van der Waals surface area contributed by atoms with Crippen LogP contribution in [0.5, 0.6) is 0 Å². The highest BCUT2D eigenvalue weighted by Gasteiger charge is 2.20. The molecule has 1 aliphatic carbocycles. The van der Waals surface area contributed by atoms with Crippen molar-refractivity contribution in [3.8, 4) is 0 Å². The lowest BCUT2D eigenvalue weighted by atomic mass is 9.85. The van der Waals surface area contributed by atoms with Crippen molar-refractivity contribution in [1.29, 1.82) is 0 Å². The van der Waals surface area contributed by atoms with E-state index >= 15 is 0 Å². The van der Waals surface area contributed by atoms with Crippen LogP contribution in [0.15, 0.2) is 0 Å². The maximum Gasteiger partial charge on any atom is 0.146 e. The lowest BCUT2D eigenvalue weighted by Crippen LogP contribution is -2.36. The van der Waals surface area contributed by atoms with Crippen LogP contribution in [0.1, 0.15) is 46.0 Å². The highest BCUT2D eigenvalue weighted by molar-refractivity contribution is 5.80. The third-order valence-electron chi connectivity index (χ3n) is 3.12. The summed E-state index contributed by atoms with van der Waals surface area (Å²) < 4.78 is 0. The zero-order valence-electron chi connectivity index (χ0n) is 9.59. The van der Waals surface area contributed by atoms with E-state index < -0.39 is 0 Å². The van der Waals surface area contributed by atoms with Crippen molar-refractivity contribution in [3.63, 3.8) is 0 Å². The second-order valence-corrected chi connectivity index (χ2v) is 4.41. The summed E-state index contributed by atoms with van der Waals surface area (Å²) in [6.45, 7) is 7.07. The van der Waals surface area contributed by atoms with E-state index in [1.54, 1.807) is 0 Å². The van der Waals surface area contributed by atoms with Crippen LogP contribution in [0, 0.1) is 5.92 Å². The van der Waals surface area contributed by atoms with Crippen molar-refractivity contribution in [2.45, 2.75) is 46.0 Å². The van der Waals surface area contributed by atoms with Crippen LogP contribution in [-0.2, 0) is 4.79 Å². The quantitative estimate of drug-likeness (QED) is 0.625. The normalized spacial score (nSPS) is 17.1. The molecule has 0 aromatic carbocycles. The molecule has 0 radical (unpaired) electrons. The van der Waals surface area contributed by atoms with Crippen molar-refractivity contribution in [2.24, 2.45) is 5.92 Å². The Kier molecular flexibility index (Phi) is 5.16. The number of likely N-dealkylation sites (N-methyl/N-ethyl adjacent to an activating group) is 1. The highest BCUT2D eigenvalue weighted by atomic mass is 16.1. The Morgan fingerprint density at radius 2 is 2.07 bits per heavy atom. The summed E-state index contributed by atoms with van der Waals surface area (Å²) >= 11 is 0. The third-order valence-corrected chi connectivity index (χ3v) is 3.12. The fourth-order valence-electron chi connectivity index (χ4n) is 1.95. The lowest BCUT2D eigenvalue weighted by Gasteiger charge is -2.31. The first-order chi connectivity index (χ1) is 6.76. The molecule has 14 heavy (non-hydrogen) atoms. The molecule has 0 heterocycles. The van der Waals surface area contributed by atoms with Crippen molar-refractivity contribution in [1.82, 2.24) is 4.90 Å². The molecule has 0 aromatic heterocycles. The van der Waals surface area contributed by atoms with Crippen LogP contribution in [0.2, 0.25) is 0 Å². The van der Waals surface area contributed by atoms with Gasteiger partial charge in [-0.15, -0.1) is 0 Å². The van der Waals surface area contributed by atoms with E-state index in [1.807, 2.05) is 0 Å². The molecular weight excluding hydrogens is 174 g/mol. The fourth-order valence-corrected chi connectivity index (χ4v) is 1.95. The zero-order valence-corrected chi connectivity index (χ0v) is 9.59. The smallest absolute Gasteiger partial charge is 0.146 e. The Hall–Kier alpha value is -0.370. The average Bonchev–Trinajstić information content (AvgIpc) is 2.09. The Morgan fingerprint density at radius 3 is 2.50 bits per heavy atom. The number of carbonyl (C=O) groups excluding carboxylic acids is 1. The highest BCUT2D eigenvalue weighted by Crippen LogP contribution is 2.26. The number of carbonyl (C=O) groups is 1. The van der Waals surface area contributed by atoms with Gasteiger partial charge in [0.25, 0.3) is 0 Å². The van der Waals surface area contributed by atoms with Gasteiger partial charge in [-0.05, 0) is 31.7 Å². The maximum absolute atomic E-state index is 11.5. The van der Waals surface area contributed by atoms with Gasteiger partial charge < -0.3 is 0 Å². The minimum atomic E-state index is 0.411. The second-order valence-electron chi connectivity index (χ2n) is 4.41. The van der Waals surface area contributed by atoms with E-state index in [0.717, 1.165) is 31.8 Å². The van der Waals surface area contributed by atoms with E-state index in [1.165, 1.54) is 19.3 Å². The summed E-state index contributed by atoms with van der Waals surface area (Å²) in [5.41, 5.74) is 0. The van der Waals surface area contributed by atoms with E-state index in [0.29, 0.717) is 12.3 Å². The molecule has 0 N–H and O–H groups in total. The van der Waals surface area contributed by atoms with Crippen LogP contribution >= 0.6 is 0 Å². The standard InChI is InChI=1S/C12H23NO/c1-3-6-12(14)10-13(4-2)9-11-7-5-8-11/h11H,3-10H2,1-2H3. The largest absolute Gasteiger partial charge is 0.298 e. The molecule has 0 aliphatic heterocycles. The van der Waals surface area contributed by atoms with Crippen molar-refractivity contribution < 1.29 is 4.79 Å². The number of hydrogen-bond acceptors (Lipinski definition) is 2. The molecule has 0 unspecified atom stereocenters. The topological polar surface area (TPSA) is 20.3 Å². The summed E-state index contributed by atoms with van der Waals surface area (Å²) in [5.74, 6) is 1.29.